The van der Waals surface area contributed by atoms with E-state index >= 15 is 0 Å². The third kappa shape index (κ3) is 2.59. The zero-order chi connectivity index (χ0) is 15.6. The highest BCUT2D eigenvalue weighted by Gasteiger charge is 2.08. The number of benzene rings is 3. The Bertz CT molecular complexity index is 961. The van der Waals surface area contributed by atoms with Crippen LogP contribution in [-0.2, 0) is 0 Å². The van der Waals surface area contributed by atoms with E-state index in [9.17, 15) is 0 Å². The molecule has 0 amide bonds. The quantitative estimate of drug-likeness (QED) is 0.503. The van der Waals surface area contributed by atoms with Crippen LogP contribution in [0.2, 0.25) is 0 Å². The Morgan fingerprint density at radius 1 is 0.565 bits per heavy atom. The fourth-order valence-electron chi connectivity index (χ4n) is 2.82. The van der Waals surface area contributed by atoms with Crippen LogP contribution >= 0.6 is 0 Å². The first kappa shape index (κ1) is 13.6. The van der Waals surface area contributed by atoms with Crippen molar-refractivity contribution >= 4 is 11.0 Å². The fourth-order valence-corrected chi connectivity index (χ4v) is 2.82. The predicted molar refractivity (Wildman–Crippen MR) is 95.1 cm³/mol. The fraction of sp³-hybridized carbons (Fsp3) is 0.0476. The van der Waals surface area contributed by atoms with Crippen LogP contribution in [0.3, 0.4) is 0 Å². The summed E-state index contributed by atoms with van der Waals surface area (Å²) in [5.41, 5.74) is 7.22. The van der Waals surface area contributed by atoms with E-state index in [4.69, 9.17) is 9.97 Å². The molecule has 0 saturated carbocycles. The number of rotatable bonds is 2. The molecule has 0 N–H and O–H groups in total. The zero-order valence-corrected chi connectivity index (χ0v) is 12.9. The van der Waals surface area contributed by atoms with E-state index < -0.39 is 0 Å². The van der Waals surface area contributed by atoms with Gasteiger partial charge in [-0.1, -0.05) is 66.7 Å². The largest absolute Gasteiger partial charge is 0.249 e. The molecule has 1 aromatic heterocycles. The molecular formula is C21H16N2. The van der Waals surface area contributed by atoms with Crippen molar-refractivity contribution in [2.24, 2.45) is 0 Å². The molecule has 0 bridgehead atoms. The maximum absolute atomic E-state index is 4.87. The van der Waals surface area contributed by atoms with Crippen molar-refractivity contribution < 1.29 is 0 Å². The van der Waals surface area contributed by atoms with E-state index in [1.54, 1.807) is 0 Å². The van der Waals surface area contributed by atoms with Crippen LogP contribution in [0.1, 0.15) is 5.69 Å². The van der Waals surface area contributed by atoms with Gasteiger partial charge in [0, 0.05) is 5.56 Å². The van der Waals surface area contributed by atoms with Gasteiger partial charge in [-0.05, 0) is 30.2 Å². The second-order valence-electron chi connectivity index (χ2n) is 5.59. The molecule has 2 heteroatoms. The lowest BCUT2D eigenvalue weighted by atomic mass is 10.0. The molecule has 0 atom stereocenters. The van der Waals surface area contributed by atoms with Crippen LogP contribution in [0.5, 0.6) is 0 Å². The molecule has 0 aliphatic rings. The first-order valence-corrected chi connectivity index (χ1v) is 7.70. The summed E-state index contributed by atoms with van der Waals surface area (Å²) in [7, 11) is 0. The minimum Gasteiger partial charge on any atom is -0.249 e. The van der Waals surface area contributed by atoms with Gasteiger partial charge in [-0.2, -0.15) is 0 Å². The molecule has 23 heavy (non-hydrogen) atoms. The Morgan fingerprint density at radius 2 is 1.22 bits per heavy atom. The molecule has 0 aliphatic heterocycles. The Kier molecular flexibility index (Phi) is 3.35. The van der Waals surface area contributed by atoms with Crippen LogP contribution in [0, 0.1) is 6.92 Å². The van der Waals surface area contributed by atoms with E-state index in [-0.39, 0.29) is 0 Å². The highest BCUT2D eigenvalue weighted by molar-refractivity contribution is 5.83. The molecule has 4 rings (SSSR count). The summed E-state index contributed by atoms with van der Waals surface area (Å²) in [4.78, 5) is 9.59. The summed E-state index contributed by atoms with van der Waals surface area (Å²) in [5.74, 6) is 0. The molecule has 4 aromatic rings. The van der Waals surface area contributed by atoms with Gasteiger partial charge in [0.15, 0.2) is 0 Å². The normalized spacial score (nSPS) is 10.8. The second kappa shape index (κ2) is 5.65. The zero-order valence-electron chi connectivity index (χ0n) is 12.9. The van der Waals surface area contributed by atoms with E-state index in [0.717, 1.165) is 33.5 Å². The minimum absolute atomic E-state index is 0.927. The standard InChI is InChI=1S/C21H16N2/c1-15-21(17-10-6-3-7-11-17)23-20-14-18(12-13-19(20)22-15)16-8-4-2-5-9-16/h2-14H,1H3. The lowest BCUT2D eigenvalue weighted by Crippen LogP contribution is -1.94. The van der Waals surface area contributed by atoms with Gasteiger partial charge < -0.3 is 0 Å². The van der Waals surface area contributed by atoms with Gasteiger partial charge in [-0.15, -0.1) is 0 Å². The first-order valence-electron chi connectivity index (χ1n) is 7.70. The number of aromatic nitrogens is 2. The van der Waals surface area contributed by atoms with Crippen molar-refractivity contribution in [1.29, 1.82) is 0 Å². The smallest absolute Gasteiger partial charge is 0.0922 e. The highest BCUT2D eigenvalue weighted by Crippen LogP contribution is 2.26. The summed E-state index contributed by atoms with van der Waals surface area (Å²) < 4.78 is 0. The summed E-state index contributed by atoms with van der Waals surface area (Å²) >= 11 is 0. The van der Waals surface area contributed by atoms with Gasteiger partial charge in [0.2, 0.25) is 0 Å². The van der Waals surface area contributed by atoms with Crippen molar-refractivity contribution in [2.45, 2.75) is 6.92 Å². The number of hydrogen-bond acceptors (Lipinski definition) is 2. The molecule has 110 valence electrons. The number of fused-ring (bicyclic) bond motifs is 1. The molecular weight excluding hydrogens is 280 g/mol. The number of nitrogens with zero attached hydrogens (tertiary/aromatic N) is 2. The first-order chi connectivity index (χ1) is 11.3. The summed E-state index contributed by atoms with van der Waals surface area (Å²) in [6.45, 7) is 2.01. The molecule has 3 aromatic carbocycles. The molecule has 0 saturated heterocycles. The molecule has 0 unspecified atom stereocenters. The summed E-state index contributed by atoms with van der Waals surface area (Å²) in [6, 6.07) is 26.8. The van der Waals surface area contributed by atoms with Crippen molar-refractivity contribution in [3.05, 3.63) is 84.6 Å². The third-order valence-electron chi connectivity index (χ3n) is 3.99. The molecule has 0 aliphatic carbocycles. The minimum atomic E-state index is 0.927. The van der Waals surface area contributed by atoms with E-state index in [1.807, 2.05) is 37.3 Å². The van der Waals surface area contributed by atoms with E-state index in [0.29, 0.717) is 0 Å². The third-order valence-corrected chi connectivity index (χ3v) is 3.99. The van der Waals surface area contributed by atoms with Crippen molar-refractivity contribution in [3.63, 3.8) is 0 Å². The summed E-state index contributed by atoms with van der Waals surface area (Å²) in [5, 5.41) is 0. The second-order valence-corrected chi connectivity index (χ2v) is 5.59. The molecule has 0 fully saturated rings. The van der Waals surface area contributed by atoms with Crippen LogP contribution < -0.4 is 0 Å². The Hall–Kier alpha value is -3.00. The SMILES string of the molecule is Cc1nc2ccc(-c3ccccc3)cc2nc1-c1ccccc1. The van der Waals surface area contributed by atoms with Crippen molar-refractivity contribution in [3.8, 4) is 22.4 Å². The van der Waals surface area contributed by atoms with Crippen LogP contribution in [-0.4, -0.2) is 9.97 Å². The summed E-state index contributed by atoms with van der Waals surface area (Å²) in [6.07, 6.45) is 0. The van der Waals surface area contributed by atoms with Crippen LogP contribution in [0.25, 0.3) is 33.4 Å². The van der Waals surface area contributed by atoms with E-state index in [1.165, 1.54) is 5.56 Å². The van der Waals surface area contributed by atoms with Crippen molar-refractivity contribution in [1.82, 2.24) is 9.97 Å². The highest BCUT2D eigenvalue weighted by atomic mass is 14.8. The van der Waals surface area contributed by atoms with Crippen LogP contribution in [0.15, 0.2) is 78.9 Å². The van der Waals surface area contributed by atoms with E-state index in [2.05, 4.69) is 48.5 Å². The maximum atomic E-state index is 4.87. The Morgan fingerprint density at radius 3 is 1.91 bits per heavy atom. The van der Waals surface area contributed by atoms with Gasteiger partial charge in [0.25, 0.3) is 0 Å². The van der Waals surface area contributed by atoms with Crippen molar-refractivity contribution in [2.75, 3.05) is 0 Å². The molecule has 1 heterocycles. The Labute approximate surface area is 135 Å². The molecule has 0 radical (unpaired) electrons. The lowest BCUT2D eigenvalue weighted by Gasteiger charge is -2.08. The topological polar surface area (TPSA) is 25.8 Å². The monoisotopic (exact) mass is 296 g/mol. The maximum Gasteiger partial charge on any atom is 0.0922 e. The molecule has 0 spiro atoms. The average molecular weight is 296 g/mol. The molecule has 2 nitrogen and oxygen atoms in total. The lowest BCUT2D eigenvalue weighted by molar-refractivity contribution is 1.19. The van der Waals surface area contributed by atoms with Crippen LogP contribution in [0.4, 0.5) is 0 Å². The van der Waals surface area contributed by atoms with Gasteiger partial charge >= 0.3 is 0 Å². The Balaban J connectivity index is 1.89. The van der Waals surface area contributed by atoms with Gasteiger partial charge in [0.1, 0.15) is 0 Å². The average Bonchev–Trinajstić information content (AvgIpc) is 2.62. The number of aryl methyl sites for hydroxylation is 1. The van der Waals surface area contributed by atoms with Gasteiger partial charge in [-0.3, -0.25) is 0 Å². The van der Waals surface area contributed by atoms with Gasteiger partial charge in [0.05, 0.1) is 22.4 Å². The number of hydrogen-bond donors (Lipinski definition) is 0. The van der Waals surface area contributed by atoms with Gasteiger partial charge in [-0.25, -0.2) is 9.97 Å². The predicted octanol–water partition coefficient (Wildman–Crippen LogP) is 5.27.